The summed E-state index contributed by atoms with van der Waals surface area (Å²) in [5.41, 5.74) is -0.228. The van der Waals surface area contributed by atoms with Crippen LogP contribution in [0.25, 0.3) is 0 Å². The molecule has 0 atom stereocenters. The molecule has 2 aromatic rings. The maximum atomic E-state index is 13.2. The van der Waals surface area contributed by atoms with Crippen LogP contribution in [0.3, 0.4) is 0 Å². The molecule has 0 spiro atoms. The first-order chi connectivity index (χ1) is 7.66. The smallest absolute Gasteiger partial charge is 0.182 e. The Balaban J connectivity index is 2.15. The van der Waals surface area contributed by atoms with Gasteiger partial charge in [-0.3, -0.25) is 0 Å². The average molecular weight is 227 g/mol. The van der Waals surface area contributed by atoms with Crippen LogP contribution < -0.4 is 5.32 Å². The van der Waals surface area contributed by atoms with Gasteiger partial charge >= 0.3 is 0 Å². The molecule has 0 saturated heterocycles. The molecule has 1 N–H and O–H groups in total. The molecule has 0 bridgehead atoms. The third-order valence-corrected chi connectivity index (χ3v) is 2.03. The van der Waals surface area contributed by atoms with E-state index in [0.717, 1.165) is 6.07 Å². The molecule has 0 saturated carbocycles. The lowest BCUT2D eigenvalue weighted by molar-refractivity contribution is 0.494. The van der Waals surface area contributed by atoms with Crippen LogP contribution in [0.15, 0.2) is 34.9 Å². The van der Waals surface area contributed by atoms with Gasteiger partial charge in [0.2, 0.25) is 0 Å². The van der Waals surface area contributed by atoms with E-state index in [-0.39, 0.29) is 12.2 Å². The zero-order chi connectivity index (χ0) is 11.5. The monoisotopic (exact) mass is 227 g/mol. The molecule has 0 aliphatic rings. The van der Waals surface area contributed by atoms with Gasteiger partial charge in [0.15, 0.2) is 11.6 Å². The Morgan fingerprint density at radius 1 is 1.19 bits per heavy atom. The molecule has 1 heterocycles. The van der Waals surface area contributed by atoms with Crippen molar-refractivity contribution < 1.29 is 17.6 Å². The Bertz CT molecular complexity index is 482. The number of nitrogens with one attached hydrogen (secondary N) is 1. The van der Waals surface area contributed by atoms with E-state index in [1.165, 1.54) is 6.26 Å². The lowest BCUT2D eigenvalue weighted by Gasteiger charge is -2.06. The van der Waals surface area contributed by atoms with Gasteiger partial charge in [-0.15, -0.1) is 0 Å². The van der Waals surface area contributed by atoms with E-state index in [4.69, 9.17) is 4.42 Å². The van der Waals surface area contributed by atoms with Crippen molar-refractivity contribution in [2.24, 2.45) is 0 Å². The first-order valence-electron chi connectivity index (χ1n) is 4.57. The van der Waals surface area contributed by atoms with Gasteiger partial charge in [0, 0.05) is 12.1 Å². The Morgan fingerprint density at radius 2 is 2.00 bits per heavy atom. The maximum absolute atomic E-state index is 13.2. The quantitative estimate of drug-likeness (QED) is 0.814. The minimum Gasteiger partial charge on any atom is -0.467 e. The van der Waals surface area contributed by atoms with Crippen molar-refractivity contribution in [2.75, 3.05) is 5.32 Å². The van der Waals surface area contributed by atoms with E-state index in [1.807, 2.05) is 0 Å². The van der Waals surface area contributed by atoms with Crippen LogP contribution in [0, 0.1) is 17.5 Å². The fourth-order valence-corrected chi connectivity index (χ4v) is 1.28. The molecule has 0 radical (unpaired) electrons. The van der Waals surface area contributed by atoms with Gasteiger partial charge in [0.05, 0.1) is 18.5 Å². The average Bonchev–Trinajstić information content (AvgIpc) is 2.74. The predicted molar refractivity (Wildman–Crippen MR) is 52.4 cm³/mol. The van der Waals surface area contributed by atoms with Crippen LogP contribution in [0.5, 0.6) is 0 Å². The largest absolute Gasteiger partial charge is 0.467 e. The van der Waals surface area contributed by atoms with Crippen molar-refractivity contribution in [2.45, 2.75) is 6.54 Å². The summed E-state index contributed by atoms with van der Waals surface area (Å²) in [7, 11) is 0. The number of benzene rings is 1. The number of hydrogen-bond acceptors (Lipinski definition) is 2. The SMILES string of the molecule is Fc1cc(F)c(F)c(NCc2ccco2)c1. The summed E-state index contributed by atoms with van der Waals surface area (Å²) in [4.78, 5) is 0. The number of hydrogen-bond donors (Lipinski definition) is 1. The second-order valence-corrected chi connectivity index (χ2v) is 3.18. The normalized spacial score (nSPS) is 10.4. The first kappa shape index (κ1) is 10.6. The summed E-state index contributed by atoms with van der Waals surface area (Å²) in [6.07, 6.45) is 1.46. The van der Waals surface area contributed by atoms with E-state index in [0.29, 0.717) is 11.8 Å². The van der Waals surface area contributed by atoms with Gasteiger partial charge in [-0.2, -0.15) is 0 Å². The summed E-state index contributed by atoms with van der Waals surface area (Å²) >= 11 is 0. The predicted octanol–water partition coefficient (Wildman–Crippen LogP) is 3.31. The fourth-order valence-electron chi connectivity index (χ4n) is 1.28. The standard InChI is InChI=1S/C11H8F3NO/c12-7-4-9(13)11(14)10(5-7)15-6-8-2-1-3-16-8/h1-5,15H,6H2. The van der Waals surface area contributed by atoms with Gasteiger partial charge in [-0.1, -0.05) is 0 Å². The van der Waals surface area contributed by atoms with Crippen molar-refractivity contribution in [3.8, 4) is 0 Å². The third kappa shape index (κ3) is 2.18. The van der Waals surface area contributed by atoms with Crippen molar-refractivity contribution >= 4 is 5.69 Å². The highest BCUT2D eigenvalue weighted by Gasteiger charge is 2.10. The Labute approximate surface area is 89.7 Å². The van der Waals surface area contributed by atoms with Gasteiger partial charge < -0.3 is 9.73 Å². The summed E-state index contributed by atoms with van der Waals surface area (Å²) in [6, 6.07) is 4.72. The van der Waals surface area contributed by atoms with E-state index in [9.17, 15) is 13.2 Å². The number of furan rings is 1. The molecule has 1 aromatic carbocycles. The zero-order valence-corrected chi connectivity index (χ0v) is 8.14. The van der Waals surface area contributed by atoms with Gasteiger partial charge in [-0.25, -0.2) is 13.2 Å². The Kier molecular flexibility index (Phi) is 2.85. The minimum absolute atomic E-state index is 0.160. The molecule has 0 aliphatic carbocycles. The fraction of sp³-hybridized carbons (Fsp3) is 0.0909. The van der Waals surface area contributed by atoms with Crippen LogP contribution in [0.4, 0.5) is 18.9 Å². The van der Waals surface area contributed by atoms with Crippen molar-refractivity contribution in [3.63, 3.8) is 0 Å². The molecule has 0 amide bonds. The van der Waals surface area contributed by atoms with Crippen LogP contribution >= 0.6 is 0 Å². The molecule has 0 aliphatic heterocycles. The molecule has 2 rings (SSSR count). The number of rotatable bonds is 3. The second kappa shape index (κ2) is 4.30. The molecule has 16 heavy (non-hydrogen) atoms. The molecule has 0 unspecified atom stereocenters. The first-order valence-corrected chi connectivity index (χ1v) is 4.57. The summed E-state index contributed by atoms with van der Waals surface area (Å²) in [5.74, 6) is -2.61. The highest BCUT2D eigenvalue weighted by molar-refractivity contribution is 5.45. The number of anilines is 1. The summed E-state index contributed by atoms with van der Waals surface area (Å²) in [5, 5.41) is 2.55. The summed E-state index contributed by atoms with van der Waals surface area (Å²) in [6.45, 7) is 0.160. The van der Waals surface area contributed by atoms with E-state index in [1.54, 1.807) is 12.1 Å². The summed E-state index contributed by atoms with van der Waals surface area (Å²) < 4.78 is 43.8. The van der Waals surface area contributed by atoms with Crippen molar-refractivity contribution in [1.29, 1.82) is 0 Å². The minimum atomic E-state index is -1.22. The zero-order valence-electron chi connectivity index (χ0n) is 8.14. The van der Waals surface area contributed by atoms with E-state index < -0.39 is 17.5 Å². The highest BCUT2D eigenvalue weighted by atomic mass is 19.2. The van der Waals surface area contributed by atoms with Gasteiger partial charge in [0.1, 0.15) is 11.6 Å². The Morgan fingerprint density at radius 3 is 2.69 bits per heavy atom. The lowest BCUT2D eigenvalue weighted by atomic mass is 10.2. The second-order valence-electron chi connectivity index (χ2n) is 3.18. The van der Waals surface area contributed by atoms with Gasteiger partial charge in [-0.05, 0) is 12.1 Å². The molecule has 84 valence electrons. The molecule has 2 nitrogen and oxygen atoms in total. The lowest BCUT2D eigenvalue weighted by Crippen LogP contribution is -2.02. The maximum Gasteiger partial charge on any atom is 0.182 e. The highest BCUT2D eigenvalue weighted by Crippen LogP contribution is 2.19. The molecule has 5 heteroatoms. The molecule has 0 fully saturated rings. The third-order valence-electron chi connectivity index (χ3n) is 2.03. The number of halogens is 3. The van der Waals surface area contributed by atoms with Crippen LogP contribution in [-0.2, 0) is 6.54 Å². The van der Waals surface area contributed by atoms with E-state index in [2.05, 4.69) is 5.32 Å². The van der Waals surface area contributed by atoms with Crippen LogP contribution in [0.1, 0.15) is 5.76 Å². The molecular formula is C11H8F3NO. The van der Waals surface area contributed by atoms with Crippen molar-refractivity contribution in [1.82, 2.24) is 0 Å². The topological polar surface area (TPSA) is 25.2 Å². The van der Waals surface area contributed by atoms with E-state index >= 15 is 0 Å². The van der Waals surface area contributed by atoms with Gasteiger partial charge in [0.25, 0.3) is 0 Å². The van der Waals surface area contributed by atoms with Crippen LogP contribution in [0.2, 0.25) is 0 Å². The molecular weight excluding hydrogens is 219 g/mol. The Hall–Kier alpha value is -1.91. The van der Waals surface area contributed by atoms with Crippen molar-refractivity contribution in [3.05, 3.63) is 53.7 Å². The van der Waals surface area contributed by atoms with Crippen LogP contribution in [-0.4, -0.2) is 0 Å². The molecule has 1 aromatic heterocycles.